The summed E-state index contributed by atoms with van der Waals surface area (Å²) in [5, 5.41) is 21.4. The minimum Gasteiger partial charge on any atom is -0.393 e. The fourth-order valence-electron chi connectivity index (χ4n) is 7.69. The molecule has 0 bridgehead atoms. The zero-order chi connectivity index (χ0) is 18.2. The van der Waals surface area contributed by atoms with Crippen molar-refractivity contribution in [2.24, 2.45) is 28.6 Å². The van der Waals surface area contributed by atoms with E-state index in [2.05, 4.69) is 20.8 Å². The van der Waals surface area contributed by atoms with Crippen molar-refractivity contribution < 1.29 is 15.0 Å². The molecule has 140 valence electrons. The van der Waals surface area contributed by atoms with Gasteiger partial charge in [-0.05, 0) is 88.4 Å². The van der Waals surface area contributed by atoms with Gasteiger partial charge in [0.15, 0.2) is 5.78 Å². The zero-order valence-electron chi connectivity index (χ0n) is 16.3. The van der Waals surface area contributed by atoms with Gasteiger partial charge >= 0.3 is 0 Å². The van der Waals surface area contributed by atoms with Crippen molar-refractivity contribution >= 4 is 5.78 Å². The van der Waals surface area contributed by atoms with E-state index >= 15 is 0 Å². The molecule has 0 spiro atoms. The van der Waals surface area contributed by atoms with Gasteiger partial charge in [0.05, 0.1) is 6.10 Å². The molecule has 25 heavy (non-hydrogen) atoms. The molecule has 3 saturated carbocycles. The molecule has 0 aromatic carbocycles. The number of fused-ring (bicyclic) bond motifs is 5. The molecule has 0 aromatic heterocycles. The Morgan fingerprint density at radius 3 is 2.40 bits per heavy atom. The first-order valence-electron chi connectivity index (χ1n) is 10.2. The Bertz CT molecular complexity index is 637. The number of hydrogen-bond donors (Lipinski definition) is 2. The van der Waals surface area contributed by atoms with E-state index in [1.54, 1.807) is 6.92 Å². The molecule has 3 heteroatoms. The van der Waals surface area contributed by atoms with Gasteiger partial charge in [-0.25, -0.2) is 0 Å². The summed E-state index contributed by atoms with van der Waals surface area (Å²) >= 11 is 0. The Labute approximate surface area is 151 Å². The van der Waals surface area contributed by atoms with Crippen LogP contribution in [0.25, 0.3) is 0 Å². The van der Waals surface area contributed by atoms with Crippen molar-refractivity contribution in [3.63, 3.8) is 0 Å². The molecule has 0 radical (unpaired) electrons. The second-order valence-corrected chi connectivity index (χ2v) is 10.1. The zero-order valence-corrected chi connectivity index (χ0v) is 16.3. The van der Waals surface area contributed by atoms with Gasteiger partial charge in [-0.1, -0.05) is 25.0 Å². The summed E-state index contributed by atoms with van der Waals surface area (Å²) in [4.78, 5) is 12.3. The van der Waals surface area contributed by atoms with Gasteiger partial charge < -0.3 is 10.2 Å². The number of allylic oxidation sites excluding steroid dienone is 1. The predicted molar refractivity (Wildman–Crippen MR) is 98.0 cm³/mol. The maximum atomic E-state index is 12.3. The molecule has 4 aliphatic rings. The summed E-state index contributed by atoms with van der Waals surface area (Å²) in [6.45, 7) is 8.46. The van der Waals surface area contributed by atoms with Gasteiger partial charge in [0, 0.05) is 5.41 Å². The van der Waals surface area contributed by atoms with E-state index in [0.29, 0.717) is 24.2 Å². The number of ketones is 1. The summed E-state index contributed by atoms with van der Waals surface area (Å²) in [6, 6.07) is 0. The molecule has 3 fully saturated rings. The fourth-order valence-corrected chi connectivity index (χ4v) is 7.69. The van der Waals surface area contributed by atoms with Crippen molar-refractivity contribution in [2.75, 3.05) is 0 Å². The Balaban J connectivity index is 1.73. The van der Waals surface area contributed by atoms with Crippen molar-refractivity contribution in [3.8, 4) is 0 Å². The van der Waals surface area contributed by atoms with Crippen LogP contribution in [0.1, 0.15) is 79.1 Å². The molecule has 4 aliphatic carbocycles. The molecule has 2 N–H and O–H groups in total. The Morgan fingerprint density at radius 1 is 1.04 bits per heavy atom. The normalized spacial score (nSPS) is 52.4. The topological polar surface area (TPSA) is 57.5 Å². The lowest BCUT2D eigenvalue weighted by atomic mass is 9.46. The second-order valence-electron chi connectivity index (χ2n) is 10.1. The highest BCUT2D eigenvalue weighted by atomic mass is 16.3. The van der Waals surface area contributed by atoms with Gasteiger partial charge in [-0.2, -0.15) is 0 Å². The molecule has 0 unspecified atom stereocenters. The van der Waals surface area contributed by atoms with Crippen molar-refractivity contribution in [1.82, 2.24) is 0 Å². The van der Waals surface area contributed by atoms with E-state index in [9.17, 15) is 15.0 Å². The van der Waals surface area contributed by atoms with E-state index in [1.165, 1.54) is 11.1 Å². The van der Waals surface area contributed by atoms with Crippen LogP contribution in [-0.4, -0.2) is 27.7 Å². The van der Waals surface area contributed by atoms with E-state index in [0.717, 1.165) is 44.9 Å². The van der Waals surface area contributed by atoms with Crippen LogP contribution in [0.2, 0.25) is 0 Å². The lowest BCUT2D eigenvalue weighted by molar-refractivity contribution is -0.159. The highest BCUT2D eigenvalue weighted by molar-refractivity contribution is 5.86. The first-order chi connectivity index (χ1) is 11.6. The third kappa shape index (κ3) is 2.15. The number of carbonyl (C=O) groups excluding carboxylic acids is 1. The average molecular weight is 347 g/mol. The minimum atomic E-state index is -1.12. The molecule has 3 nitrogen and oxygen atoms in total. The van der Waals surface area contributed by atoms with E-state index in [1.807, 2.05) is 0 Å². The number of aliphatic hydroxyl groups excluding tert-OH is 1. The first kappa shape index (κ1) is 17.7. The first-order valence-corrected chi connectivity index (χ1v) is 10.2. The number of hydrogen-bond acceptors (Lipinski definition) is 3. The fraction of sp³-hybridized carbons (Fsp3) is 0.864. The molecule has 0 heterocycles. The smallest absolute Gasteiger partial charge is 0.161 e. The predicted octanol–water partition coefficient (Wildman–Crippen LogP) is 4.02. The third-order valence-corrected chi connectivity index (χ3v) is 9.17. The van der Waals surface area contributed by atoms with Crippen LogP contribution in [0, 0.1) is 28.6 Å². The number of aliphatic hydroxyl groups is 2. The van der Waals surface area contributed by atoms with Gasteiger partial charge in [0.25, 0.3) is 0 Å². The standard InChI is InChI=1S/C22H34O3/c1-13-11-16-17(20(3)8-5-15(24)12-19(13)20)6-9-21(4)18(16)7-10-22(21,25)14(2)23/h15-18,24-25H,5-12H2,1-4H3/t15-,16-,17+,18+,20+,21-,22-/m0/s1. The molecule has 4 rings (SSSR count). The lowest BCUT2D eigenvalue weighted by Crippen LogP contribution is -2.57. The van der Waals surface area contributed by atoms with Gasteiger partial charge in [-0.15, -0.1) is 0 Å². The second kappa shape index (κ2) is 5.42. The molecule has 0 aliphatic heterocycles. The molecule has 0 saturated heterocycles. The SMILES string of the molecule is CC(=O)[C@@]1(O)CC[C@@H]2[C@H]3CC(C)=C4C[C@@H](O)CC[C@]4(C)[C@@H]3CC[C@@]21C. The molecular weight excluding hydrogens is 312 g/mol. The lowest BCUT2D eigenvalue weighted by Gasteiger charge is -2.59. The quantitative estimate of drug-likeness (QED) is 0.705. The van der Waals surface area contributed by atoms with E-state index < -0.39 is 5.60 Å². The largest absolute Gasteiger partial charge is 0.393 e. The minimum absolute atomic E-state index is 0.0355. The molecule has 0 aromatic rings. The Hall–Kier alpha value is -0.670. The van der Waals surface area contributed by atoms with Gasteiger partial charge in [0.1, 0.15) is 5.60 Å². The van der Waals surface area contributed by atoms with Crippen molar-refractivity contribution in [3.05, 3.63) is 11.1 Å². The maximum Gasteiger partial charge on any atom is 0.161 e. The van der Waals surface area contributed by atoms with Gasteiger partial charge in [0.2, 0.25) is 0 Å². The van der Waals surface area contributed by atoms with Crippen LogP contribution in [-0.2, 0) is 4.79 Å². The van der Waals surface area contributed by atoms with Crippen molar-refractivity contribution in [2.45, 2.75) is 90.8 Å². The number of rotatable bonds is 1. The van der Waals surface area contributed by atoms with Crippen LogP contribution >= 0.6 is 0 Å². The summed E-state index contributed by atoms with van der Waals surface area (Å²) in [5.74, 6) is 1.63. The molecule has 0 amide bonds. The van der Waals surface area contributed by atoms with E-state index in [4.69, 9.17) is 0 Å². The molecule has 7 atom stereocenters. The van der Waals surface area contributed by atoms with Crippen LogP contribution in [0.4, 0.5) is 0 Å². The van der Waals surface area contributed by atoms with Gasteiger partial charge in [-0.3, -0.25) is 4.79 Å². The van der Waals surface area contributed by atoms with Crippen LogP contribution in [0.15, 0.2) is 11.1 Å². The summed E-state index contributed by atoms with van der Waals surface area (Å²) in [7, 11) is 0. The highest BCUT2D eigenvalue weighted by Crippen LogP contribution is 2.68. The Kier molecular flexibility index (Phi) is 3.84. The number of Topliss-reactive ketones (excluding diaryl/α,β-unsaturated/α-hetero) is 1. The molecular formula is C22H34O3. The van der Waals surface area contributed by atoms with Crippen LogP contribution in [0.5, 0.6) is 0 Å². The third-order valence-electron chi connectivity index (χ3n) is 9.17. The Morgan fingerprint density at radius 2 is 1.72 bits per heavy atom. The number of carbonyl (C=O) groups is 1. The average Bonchev–Trinajstić information content (AvgIpc) is 2.83. The summed E-state index contributed by atoms with van der Waals surface area (Å²) in [5.41, 5.74) is 1.83. The van der Waals surface area contributed by atoms with Crippen LogP contribution in [0.3, 0.4) is 0 Å². The maximum absolute atomic E-state index is 12.3. The summed E-state index contributed by atoms with van der Waals surface area (Å²) < 4.78 is 0. The van der Waals surface area contributed by atoms with E-state index in [-0.39, 0.29) is 22.7 Å². The van der Waals surface area contributed by atoms with Crippen molar-refractivity contribution in [1.29, 1.82) is 0 Å². The monoisotopic (exact) mass is 346 g/mol. The highest BCUT2D eigenvalue weighted by Gasteiger charge is 2.65. The van der Waals surface area contributed by atoms with Crippen LogP contribution < -0.4 is 0 Å². The summed E-state index contributed by atoms with van der Waals surface area (Å²) in [6.07, 6.45) is 7.46.